The molecule has 15 heavy (non-hydrogen) atoms. The Morgan fingerprint density at radius 3 is 2.87 bits per heavy atom. The highest BCUT2D eigenvalue weighted by atomic mass is 16.1. The van der Waals surface area contributed by atoms with Gasteiger partial charge in [-0.25, -0.2) is 0 Å². The van der Waals surface area contributed by atoms with Crippen molar-refractivity contribution in [2.45, 2.75) is 26.3 Å². The van der Waals surface area contributed by atoms with Crippen LogP contribution in [0, 0.1) is 19.3 Å². The molecule has 1 aromatic rings. The molecule has 0 fully saturated rings. The maximum atomic E-state index is 11.7. The van der Waals surface area contributed by atoms with Gasteiger partial charge in [0.2, 0.25) is 0 Å². The SMILES string of the molecule is C#CC(CC)NC(=O)c1cn(C)nc1C. The zero-order chi connectivity index (χ0) is 11.4. The molecule has 0 aliphatic rings. The second kappa shape index (κ2) is 4.65. The molecular formula is C11H15N3O. The smallest absolute Gasteiger partial charge is 0.255 e. The van der Waals surface area contributed by atoms with Gasteiger partial charge in [0, 0.05) is 13.2 Å². The van der Waals surface area contributed by atoms with E-state index < -0.39 is 0 Å². The van der Waals surface area contributed by atoms with Crippen molar-refractivity contribution in [2.24, 2.45) is 7.05 Å². The quantitative estimate of drug-likeness (QED) is 0.744. The van der Waals surface area contributed by atoms with Crippen LogP contribution in [0.1, 0.15) is 29.4 Å². The van der Waals surface area contributed by atoms with E-state index in [1.807, 2.05) is 6.92 Å². The average Bonchev–Trinajstić information content (AvgIpc) is 2.54. The molecule has 1 heterocycles. The summed E-state index contributed by atoms with van der Waals surface area (Å²) in [6, 6.07) is -0.211. The van der Waals surface area contributed by atoms with Gasteiger partial charge < -0.3 is 5.32 Å². The number of rotatable bonds is 3. The first-order valence-electron chi connectivity index (χ1n) is 4.85. The van der Waals surface area contributed by atoms with Crippen LogP contribution in [-0.2, 0) is 7.05 Å². The summed E-state index contributed by atoms with van der Waals surface area (Å²) in [7, 11) is 1.78. The maximum Gasteiger partial charge on any atom is 0.255 e. The summed E-state index contributed by atoms with van der Waals surface area (Å²) in [5.74, 6) is 2.36. The molecule has 1 rings (SSSR count). The Bertz CT molecular complexity index is 400. The molecule has 4 heteroatoms. The largest absolute Gasteiger partial charge is 0.338 e. The Labute approximate surface area is 89.7 Å². The molecule has 0 bridgehead atoms. The summed E-state index contributed by atoms with van der Waals surface area (Å²) in [6.45, 7) is 3.73. The first kappa shape index (κ1) is 11.3. The highest BCUT2D eigenvalue weighted by Gasteiger charge is 2.14. The van der Waals surface area contributed by atoms with E-state index in [2.05, 4.69) is 16.3 Å². The summed E-state index contributed by atoms with van der Waals surface area (Å²) in [5, 5.41) is 6.85. The molecule has 4 nitrogen and oxygen atoms in total. The molecule has 0 spiro atoms. The van der Waals surface area contributed by atoms with Crippen LogP contribution >= 0.6 is 0 Å². The number of amides is 1. The minimum absolute atomic E-state index is 0.162. The molecule has 1 atom stereocenters. The highest BCUT2D eigenvalue weighted by molar-refractivity contribution is 5.95. The van der Waals surface area contributed by atoms with Crippen molar-refractivity contribution >= 4 is 5.91 Å². The average molecular weight is 205 g/mol. The lowest BCUT2D eigenvalue weighted by atomic mass is 10.2. The number of terminal acetylenes is 1. The van der Waals surface area contributed by atoms with Gasteiger partial charge in [0.1, 0.15) is 0 Å². The molecule has 0 aromatic carbocycles. The van der Waals surface area contributed by atoms with Crippen molar-refractivity contribution in [1.82, 2.24) is 15.1 Å². The van der Waals surface area contributed by atoms with Gasteiger partial charge in [0.25, 0.3) is 5.91 Å². The highest BCUT2D eigenvalue weighted by Crippen LogP contribution is 2.05. The fourth-order valence-corrected chi connectivity index (χ4v) is 1.32. The number of aryl methyl sites for hydroxylation is 2. The monoisotopic (exact) mass is 205 g/mol. The van der Waals surface area contributed by atoms with Gasteiger partial charge >= 0.3 is 0 Å². The second-order valence-corrected chi connectivity index (χ2v) is 3.40. The fourth-order valence-electron chi connectivity index (χ4n) is 1.32. The molecule has 0 aliphatic carbocycles. The molecule has 1 amide bonds. The molecule has 0 radical (unpaired) electrons. The Morgan fingerprint density at radius 1 is 1.80 bits per heavy atom. The van der Waals surface area contributed by atoms with Crippen LogP contribution in [0.4, 0.5) is 0 Å². The Hall–Kier alpha value is -1.76. The summed E-state index contributed by atoms with van der Waals surface area (Å²) in [6.07, 6.45) is 7.68. The maximum absolute atomic E-state index is 11.7. The van der Waals surface area contributed by atoms with E-state index in [0.29, 0.717) is 11.3 Å². The van der Waals surface area contributed by atoms with Crippen LogP contribution < -0.4 is 5.32 Å². The van der Waals surface area contributed by atoms with Crippen molar-refractivity contribution in [2.75, 3.05) is 0 Å². The van der Waals surface area contributed by atoms with Crippen molar-refractivity contribution in [3.8, 4) is 12.3 Å². The number of hydrogen-bond acceptors (Lipinski definition) is 2. The van der Waals surface area contributed by atoms with E-state index in [0.717, 1.165) is 6.42 Å². The van der Waals surface area contributed by atoms with Gasteiger partial charge in [-0.3, -0.25) is 9.48 Å². The normalized spacial score (nSPS) is 11.9. The van der Waals surface area contributed by atoms with E-state index in [4.69, 9.17) is 6.42 Å². The molecular weight excluding hydrogens is 190 g/mol. The van der Waals surface area contributed by atoms with Gasteiger partial charge in [0.15, 0.2) is 0 Å². The van der Waals surface area contributed by atoms with Gasteiger partial charge in [-0.15, -0.1) is 6.42 Å². The standard InChI is InChI=1S/C11H15N3O/c1-5-9(6-2)12-11(15)10-7-14(4)13-8(10)3/h1,7,9H,6H2,2-4H3,(H,12,15). The number of hydrogen-bond donors (Lipinski definition) is 1. The third kappa shape index (κ3) is 2.59. The molecule has 80 valence electrons. The molecule has 1 unspecified atom stereocenters. The third-order valence-electron chi connectivity index (χ3n) is 2.17. The van der Waals surface area contributed by atoms with Crippen LogP contribution in [0.2, 0.25) is 0 Å². The second-order valence-electron chi connectivity index (χ2n) is 3.40. The first-order chi connectivity index (χ1) is 7.08. The van der Waals surface area contributed by atoms with E-state index >= 15 is 0 Å². The van der Waals surface area contributed by atoms with Gasteiger partial charge in [0.05, 0.1) is 17.3 Å². The Balaban J connectivity index is 2.78. The summed E-state index contributed by atoms with van der Waals surface area (Å²) < 4.78 is 1.61. The molecule has 0 saturated carbocycles. The summed E-state index contributed by atoms with van der Waals surface area (Å²) >= 11 is 0. The van der Waals surface area contributed by atoms with Crippen LogP contribution in [0.3, 0.4) is 0 Å². The van der Waals surface area contributed by atoms with Crippen LogP contribution in [0.25, 0.3) is 0 Å². The number of carbonyl (C=O) groups excluding carboxylic acids is 1. The molecule has 1 aromatic heterocycles. The Morgan fingerprint density at radius 2 is 2.47 bits per heavy atom. The van der Waals surface area contributed by atoms with E-state index in [1.54, 1.807) is 24.9 Å². The lowest BCUT2D eigenvalue weighted by Gasteiger charge is -2.09. The third-order valence-corrected chi connectivity index (χ3v) is 2.17. The Kier molecular flexibility index (Phi) is 3.51. The van der Waals surface area contributed by atoms with Crippen molar-refractivity contribution in [3.05, 3.63) is 17.5 Å². The van der Waals surface area contributed by atoms with E-state index in [9.17, 15) is 4.79 Å². The number of nitrogens with one attached hydrogen (secondary N) is 1. The zero-order valence-electron chi connectivity index (χ0n) is 9.24. The first-order valence-corrected chi connectivity index (χ1v) is 4.85. The minimum atomic E-state index is -0.211. The van der Waals surface area contributed by atoms with Crippen molar-refractivity contribution in [3.63, 3.8) is 0 Å². The fraction of sp³-hybridized carbons (Fsp3) is 0.455. The van der Waals surface area contributed by atoms with Gasteiger partial charge in [-0.2, -0.15) is 5.10 Å². The predicted octanol–water partition coefficient (Wildman–Crippen LogP) is 0.870. The topological polar surface area (TPSA) is 46.9 Å². The minimum Gasteiger partial charge on any atom is -0.338 e. The lowest BCUT2D eigenvalue weighted by Crippen LogP contribution is -2.33. The van der Waals surface area contributed by atoms with Crippen LogP contribution in [0.5, 0.6) is 0 Å². The van der Waals surface area contributed by atoms with Gasteiger partial charge in [-0.1, -0.05) is 12.8 Å². The van der Waals surface area contributed by atoms with Crippen LogP contribution in [0.15, 0.2) is 6.20 Å². The summed E-state index contributed by atoms with van der Waals surface area (Å²) in [5.41, 5.74) is 1.29. The number of aromatic nitrogens is 2. The van der Waals surface area contributed by atoms with Crippen LogP contribution in [-0.4, -0.2) is 21.7 Å². The van der Waals surface area contributed by atoms with Crippen molar-refractivity contribution < 1.29 is 4.79 Å². The molecule has 0 aliphatic heterocycles. The van der Waals surface area contributed by atoms with E-state index in [1.165, 1.54) is 0 Å². The zero-order valence-corrected chi connectivity index (χ0v) is 9.24. The van der Waals surface area contributed by atoms with Crippen molar-refractivity contribution in [1.29, 1.82) is 0 Å². The number of carbonyl (C=O) groups is 1. The molecule has 0 saturated heterocycles. The number of nitrogens with zero attached hydrogens (tertiary/aromatic N) is 2. The summed E-state index contributed by atoms with van der Waals surface area (Å²) in [4.78, 5) is 11.7. The predicted molar refractivity (Wildman–Crippen MR) is 58.3 cm³/mol. The van der Waals surface area contributed by atoms with E-state index in [-0.39, 0.29) is 11.9 Å². The molecule has 1 N–H and O–H groups in total. The lowest BCUT2D eigenvalue weighted by molar-refractivity contribution is 0.0944. The van der Waals surface area contributed by atoms with Gasteiger partial charge in [-0.05, 0) is 13.3 Å².